The van der Waals surface area contributed by atoms with Gasteiger partial charge < -0.3 is 15.1 Å². The van der Waals surface area contributed by atoms with Crippen LogP contribution in [0.3, 0.4) is 0 Å². The van der Waals surface area contributed by atoms with Gasteiger partial charge in [0.2, 0.25) is 0 Å². The summed E-state index contributed by atoms with van der Waals surface area (Å²) < 4.78 is 0. The molecule has 1 aromatic rings. The Kier molecular flexibility index (Phi) is 5.22. The molecule has 0 aliphatic carbocycles. The van der Waals surface area contributed by atoms with Crippen molar-refractivity contribution in [2.45, 2.75) is 26.4 Å². The highest BCUT2D eigenvalue weighted by atomic mass is 16.3. The first kappa shape index (κ1) is 12.9. The molecule has 0 aliphatic rings. The number of anilines is 1. The van der Waals surface area contributed by atoms with E-state index in [1.165, 1.54) is 0 Å². The number of aliphatic hydroxyl groups excluding tert-OH is 2. The van der Waals surface area contributed by atoms with E-state index in [2.05, 4.69) is 16.8 Å². The van der Waals surface area contributed by atoms with Gasteiger partial charge in [0.05, 0.1) is 6.10 Å². The van der Waals surface area contributed by atoms with Gasteiger partial charge in [-0.25, -0.2) is 4.98 Å². The Labute approximate surface area is 96.6 Å². The summed E-state index contributed by atoms with van der Waals surface area (Å²) in [6.07, 6.45) is 1.96. The average molecular weight is 224 g/mol. The quantitative estimate of drug-likeness (QED) is 0.765. The van der Waals surface area contributed by atoms with Gasteiger partial charge in [-0.3, -0.25) is 0 Å². The van der Waals surface area contributed by atoms with Crippen molar-refractivity contribution in [2.75, 3.05) is 24.6 Å². The van der Waals surface area contributed by atoms with Gasteiger partial charge in [-0.05, 0) is 31.9 Å². The largest absolute Gasteiger partial charge is 0.396 e. The van der Waals surface area contributed by atoms with Crippen molar-refractivity contribution in [3.05, 3.63) is 23.9 Å². The summed E-state index contributed by atoms with van der Waals surface area (Å²) >= 11 is 0. The minimum absolute atomic E-state index is 0.197. The molecule has 0 saturated carbocycles. The standard InChI is InChI=1S/C12H20N2O2/c1-3-14(7-4-8-15)12-6-5-11(9-13-12)10(2)16/h5-6,9-10,15-16H,3-4,7-8H2,1-2H3/t10-/m0/s1. The van der Waals surface area contributed by atoms with E-state index in [1.807, 2.05) is 12.1 Å². The molecular formula is C12H20N2O2. The topological polar surface area (TPSA) is 56.6 Å². The Balaban J connectivity index is 2.70. The van der Waals surface area contributed by atoms with Crippen LogP contribution < -0.4 is 4.90 Å². The minimum atomic E-state index is -0.478. The van der Waals surface area contributed by atoms with Crippen LogP contribution in [0.25, 0.3) is 0 Å². The lowest BCUT2D eigenvalue weighted by Crippen LogP contribution is -2.25. The summed E-state index contributed by atoms with van der Waals surface area (Å²) in [6.45, 7) is 5.64. The minimum Gasteiger partial charge on any atom is -0.396 e. The van der Waals surface area contributed by atoms with E-state index in [0.29, 0.717) is 0 Å². The van der Waals surface area contributed by atoms with Crippen LogP contribution in [-0.2, 0) is 0 Å². The summed E-state index contributed by atoms with van der Waals surface area (Å²) in [4.78, 5) is 6.41. The van der Waals surface area contributed by atoms with Gasteiger partial charge in [0.1, 0.15) is 5.82 Å². The first-order valence-corrected chi connectivity index (χ1v) is 5.68. The fraction of sp³-hybridized carbons (Fsp3) is 0.583. The van der Waals surface area contributed by atoms with Crippen molar-refractivity contribution in [3.63, 3.8) is 0 Å². The van der Waals surface area contributed by atoms with Crippen LogP contribution in [0.4, 0.5) is 5.82 Å². The van der Waals surface area contributed by atoms with Crippen LogP contribution in [0.5, 0.6) is 0 Å². The van der Waals surface area contributed by atoms with E-state index in [4.69, 9.17) is 5.11 Å². The van der Waals surface area contributed by atoms with E-state index in [0.717, 1.165) is 30.9 Å². The molecule has 0 spiro atoms. The zero-order valence-corrected chi connectivity index (χ0v) is 9.93. The van der Waals surface area contributed by atoms with E-state index in [1.54, 1.807) is 13.1 Å². The summed E-state index contributed by atoms with van der Waals surface area (Å²) in [5.74, 6) is 0.889. The Morgan fingerprint density at radius 2 is 2.19 bits per heavy atom. The molecule has 0 saturated heterocycles. The second-order valence-corrected chi connectivity index (χ2v) is 3.78. The fourth-order valence-corrected chi connectivity index (χ4v) is 1.53. The third kappa shape index (κ3) is 3.47. The van der Waals surface area contributed by atoms with Crippen LogP contribution in [0.1, 0.15) is 31.9 Å². The molecule has 16 heavy (non-hydrogen) atoms. The first-order valence-electron chi connectivity index (χ1n) is 5.68. The maximum Gasteiger partial charge on any atom is 0.128 e. The Morgan fingerprint density at radius 3 is 2.62 bits per heavy atom. The molecule has 1 rings (SSSR count). The number of aromatic nitrogens is 1. The molecular weight excluding hydrogens is 204 g/mol. The van der Waals surface area contributed by atoms with Crippen molar-refractivity contribution in [1.29, 1.82) is 0 Å². The van der Waals surface area contributed by atoms with Gasteiger partial charge in [0.15, 0.2) is 0 Å². The van der Waals surface area contributed by atoms with E-state index < -0.39 is 6.10 Å². The molecule has 0 radical (unpaired) electrons. The normalized spacial score (nSPS) is 12.5. The fourth-order valence-electron chi connectivity index (χ4n) is 1.53. The van der Waals surface area contributed by atoms with Gasteiger partial charge in [0, 0.05) is 25.9 Å². The lowest BCUT2D eigenvalue weighted by Gasteiger charge is -2.21. The predicted octanol–water partition coefficient (Wildman–Crippen LogP) is 1.34. The SMILES string of the molecule is CCN(CCCO)c1ccc([C@H](C)O)cn1. The maximum absolute atomic E-state index is 9.37. The number of pyridine rings is 1. The molecule has 4 nitrogen and oxygen atoms in total. The second-order valence-electron chi connectivity index (χ2n) is 3.78. The van der Waals surface area contributed by atoms with Crippen molar-refractivity contribution < 1.29 is 10.2 Å². The third-order valence-corrected chi connectivity index (χ3v) is 2.55. The summed E-state index contributed by atoms with van der Waals surface area (Å²) in [5, 5.41) is 18.2. The van der Waals surface area contributed by atoms with Crippen molar-refractivity contribution >= 4 is 5.82 Å². The monoisotopic (exact) mass is 224 g/mol. The molecule has 0 amide bonds. The van der Waals surface area contributed by atoms with Crippen LogP contribution in [0.15, 0.2) is 18.3 Å². The highest BCUT2D eigenvalue weighted by molar-refractivity contribution is 5.39. The van der Waals surface area contributed by atoms with Crippen molar-refractivity contribution in [2.24, 2.45) is 0 Å². The Bertz CT molecular complexity index is 298. The molecule has 0 aliphatic heterocycles. The molecule has 0 fully saturated rings. The smallest absolute Gasteiger partial charge is 0.128 e. The molecule has 4 heteroatoms. The molecule has 1 aromatic heterocycles. The maximum atomic E-state index is 9.37. The van der Waals surface area contributed by atoms with Crippen LogP contribution in [0, 0.1) is 0 Å². The number of hydrogen-bond donors (Lipinski definition) is 2. The number of hydrogen-bond acceptors (Lipinski definition) is 4. The van der Waals surface area contributed by atoms with Crippen LogP contribution in [-0.4, -0.2) is 34.9 Å². The van der Waals surface area contributed by atoms with Crippen molar-refractivity contribution in [3.8, 4) is 0 Å². The second kappa shape index (κ2) is 6.45. The van der Waals surface area contributed by atoms with Crippen LogP contribution >= 0.6 is 0 Å². The predicted molar refractivity (Wildman–Crippen MR) is 64.5 cm³/mol. The average Bonchev–Trinajstić information content (AvgIpc) is 2.30. The van der Waals surface area contributed by atoms with Gasteiger partial charge >= 0.3 is 0 Å². The van der Waals surface area contributed by atoms with Gasteiger partial charge in [-0.15, -0.1) is 0 Å². The summed E-state index contributed by atoms with van der Waals surface area (Å²) in [6, 6.07) is 3.79. The molecule has 90 valence electrons. The summed E-state index contributed by atoms with van der Waals surface area (Å²) in [7, 11) is 0. The lowest BCUT2D eigenvalue weighted by molar-refractivity contribution is 0.199. The zero-order valence-electron chi connectivity index (χ0n) is 9.93. The van der Waals surface area contributed by atoms with Crippen molar-refractivity contribution in [1.82, 2.24) is 4.98 Å². The highest BCUT2D eigenvalue weighted by Gasteiger charge is 2.06. The summed E-state index contributed by atoms with van der Waals surface area (Å²) in [5.41, 5.74) is 0.821. The highest BCUT2D eigenvalue weighted by Crippen LogP contribution is 2.15. The Morgan fingerprint density at radius 1 is 1.44 bits per heavy atom. The van der Waals surface area contributed by atoms with Gasteiger partial charge in [-0.2, -0.15) is 0 Å². The van der Waals surface area contributed by atoms with E-state index in [9.17, 15) is 5.11 Å². The zero-order chi connectivity index (χ0) is 12.0. The molecule has 0 unspecified atom stereocenters. The molecule has 0 aromatic carbocycles. The third-order valence-electron chi connectivity index (χ3n) is 2.55. The molecule has 2 N–H and O–H groups in total. The number of aliphatic hydroxyl groups is 2. The first-order chi connectivity index (χ1) is 7.69. The molecule has 1 atom stereocenters. The molecule has 0 bridgehead atoms. The molecule has 1 heterocycles. The van der Waals surface area contributed by atoms with E-state index >= 15 is 0 Å². The van der Waals surface area contributed by atoms with Gasteiger partial charge in [-0.1, -0.05) is 6.07 Å². The van der Waals surface area contributed by atoms with Gasteiger partial charge in [0.25, 0.3) is 0 Å². The Hall–Kier alpha value is -1.13. The lowest BCUT2D eigenvalue weighted by atomic mass is 10.2. The van der Waals surface area contributed by atoms with Crippen LogP contribution in [0.2, 0.25) is 0 Å². The van der Waals surface area contributed by atoms with E-state index in [-0.39, 0.29) is 6.61 Å². The number of rotatable bonds is 6. The number of nitrogens with zero attached hydrogens (tertiary/aromatic N) is 2.